The maximum Gasteiger partial charge on any atom is 0.321 e. The van der Waals surface area contributed by atoms with Gasteiger partial charge in [-0.3, -0.25) is 9.59 Å². The van der Waals surface area contributed by atoms with E-state index < -0.39 is 23.5 Å². The van der Waals surface area contributed by atoms with Crippen LogP contribution in [0.15, 0.2) is 0 Å². The average Bonchev–Trinajstić information content (AvgIpc) is 2.30. The minimum absolute atomic E-state index is 0.0244. The van der Waals surface area contributed by atoms with Gasteiger partial charge in [-0.25, -0.2) is 0 Å². The average molecular weight is 285 g/mol. The van der Waals surface area contributed by atoms with Crippen LogP contribution in [0.3, 0.4) is 0 Å². The van der Waals surface area contributed by atoms with Crippen molar-refractivity contribution < 1.29 is 19.1 Å². The van der Waals surface area contributed by atoms with Crippen LogP contribution in [0.4, 0.5) is 0 Å². The van der Waals surface area contributed by atoms with Crippen molar-refractivity contribution in [1.29, 1.82) is 0 Å². The van der Waals surface area contributed by atoms with Crippen LogP contribution in [0, 0.1) is 11.8 Å². The summed E-state index contributed by atoms with van der Waals surface area (Å²) in [5, 5.41) is 0. The molecule has 0 amide bonds. The largest absolute Gasteiger partial charge is 0.465 e. The molecule has 0 radical (unpaired) electrons. The Hall–Kier alpha value is -1.10. The fourth-order valence-electron chi connectivity index (χ4n) is 2.56. The van der Waals surface area contributed by atoms with Gasteiger partial charge in [0, 0.05) is 6.04 Å². The highest BCUT2D eigenvalue weighted by atomic mass is 16.6. The molecule has 1 aliphatic carbocycles. The Labute approximate surface area is 121 Å². The smallest absolute Gasteiger partial charge is 0.321 e. The van der Waals surface area contributed by atoms with Crippen LogP contribution in [0.5, 0.6) is 0 Å². The molecule has 1 aliphatic rings. The maximum absolute atomic E-state index is 12.3. The highest BCUT2D eigenvalue weighted by Gasteiger charge is 2.40. The Morgan fingerprint density at radius 1 is 1.15 bits per heavy atom. The van der Waals surface area contributed by atoms with Gasteiger partial charge in [-0.1, -0.05) is 0 Å². The molecule has 0 spiro atoms. The number of hydrogen-bond donors (Lipinski definition) is 1. The SMILES string of the molecule is CCOC(=O)C(C(=O)OC(C)(C)C)[C@H]1CC[C@H](N)CC1. The van der Waals surface area contributed by atoms with Crippen molar-refractivity contribution in [1.82, 2.24) is 0 Å². The highest BCUT2D eigenvalue weighted by Crippen LogP contribution is 2.32. The third kappa shape index (κ3) is 5.12. The number of carbonyl (C=O) groups excluding carboxylic acids is 2. The van der Waals surface area contributed by atoms with Crippen LogP contribution in [0.1, 0.15) is 53.4 Å². The fraction of sp³-hybridized carbons (Fsp3) is 0.867. The van der Waals surface area contributed by atoms with Crippen molar-refractivity contribution in [3.05, 3.63) is 0 Å². The second kappa shape index (κ2) is 7.07. The second-order valence-electron chi connectivity index (χ2n) is 6.44. The molecule has 1 atom stereocenters. The number of rotatable bonds is 4. The first-order valence-corrected chi connectivity index (χ1v) is 7.39. The lowest BCUT2D eigenvalue weighted by Gasteiger charge is -2.31. The lowest BCUT2D eigenvalue weighted by Crippen LogP contribution is -2.40. The lowest BCUT2D eigenvalue weighted by molar-refractivity contribution is -0.172. The topological polar surface area (TPSA) is 78.6 Å². The molecule has 0 aromatic heterocycles. The Balaban J connectivity index is 2.79. The first kappa shape index (κ1) is 17.0. The molecule has 0 saturated heterocycles. The molecule has 1 saturated carbocycles. The standard InChI is InChI=1S/C15H27NO4/c1-5-19-13(17)12(14(18)20-15(2,3)4)10-6-8-11(16)9-7-10/h10-12H,5-9,16H2,1-4H3/t10-,11-,12?. The summed E-state index contributed by atoms with van der Waals surface area (Å²) in [7, 11) is 0. The number of ether oxygens (including phenoxy) is 2. The molecule has 5 heteroatoms. The number of esters is 2. The van der Waals surface area contributed by atoms with E-state index in [9.17, 15) is 9.59 Å². The minimum Gasteiger partial charge on any atom is -0.465 e. The summed E-state index contributed by atoms with van der Waals surface area (Å²) in [6.07, 6.45) is 3.21. The molecular weight excluding hydrogens is 258 g/mol. The molecule has 0 heterocycles. The zero-order valence-corrected chi connectivity index (χ0v) is 13.0. The Morgan fingerprint density at radius 3 is 2.15 bits per heavy atom. The Kier molecular flexibility index (Phi) is 5.99. The summed E-state index contributed by atoms with van der Waals surface area (Å²) in [5.41, 5.74) is 5.27. The zero-order chi connectivity index (χ0) is 15.3. The van der Waals surface area contributed by atoms with E-state index in [1.165, 1.54) is 0 Å². The monoisotopic (exact) mass is 285 g/mol. The summed E-state index contributed by atoms with van der Waals surface area (Å²) in [5.74, 6) is -1.79. The minimum atomic E-state index is -0.818. The molecule has 0 aliphatic heterocycles. The van der Waals surface area contributed by atoms with Gasteiger partial charge in [0.05, 0.1) is 6.61 Å². The number of carbonyl (C=O) groups is 2. The molecule has 1 fully saturated rings. The predicted molar refractivity (Wildman–Crippen MR) is 75.9 cm³/mol. The molecule has 2 N–H and O–H groups in total. The van der Waals surface area contributed by atoms with E-state index in [-0.39, 0.29) is 18.6 Å². The maximum atomic E-state index is 12.3. The summed E-state index contributed by atoms with van der Waals surface area (Å²) in [4.78, 5) is 24.4. The summed E-state index contributed by atoms with van der Waals surface area (Å²) < 4.78 is 10.4. The van der Waals surface area contributed by atoms with Crippen LogP contribution in [-0.2, 0) is 19.1 Å². The summed E-state index contributed by atoms with van der Waals surface area (Å²) in [6, 6.07) is 0.174. The van der Waals surface area contributed by atoms with Gasteiger partial charge in [0.1, 0.15) is 5.60 Å². The molecule has 0 aromatic rings. The van der Waals surface area contributed by atoms with Crippen LogP contribution in [0.25, 0.3) is 0 Å². The van der Waals surface area contributed by atoms with Crippen molar-refractivity contribution >= 4 is 11.9 Å². The second-order valence-corrected chi connectivity index (χ2v) is 6.44. The van der Waals surface area contributed by atoms with Crippen LogP contribution in [-0.4, -0.2) is 30.2 Å². The van der Waals surface area contributed by atoms with Gasteiger partial charge in [-0.05, 0) is 59.3 Å². The molecule has 20 heavy (non-hydrogen) atoms. The highest BCUT2D eigenvalue weighted by molar-refractivity contribution is 5.95. The molecule has 1 unspecified atom stereocenters. The van der Waals surface area contributed by atoms with Gasteiger partial charge in [0.15, 0.2) is 5.92 Å². The van der Waals surface area contributed by atoms with E-state index in [2.05, 4.69) is 0 Å². The van der Waals surface area contributed by atoms with Crippen LogP contribution in [0.2, 0.25) is 0 Å². The van der Waals surface area contributed by atoms with Gasteiger partial charge in [-0.15, -0.1) is 0 Å². The van der Waals surface area contributed by atoms with Crippen molar-refractivity contribution in [2.24, 2.45) is 17.6 Å². The van der Waals surface area contributed by atoms with Crippen molar-refractivity contribution in [2.45, 2.75) is 65.0 Å². The van der Waals surface area contributed by atoms with Crippen LogP contribution >= 0.6 is 0 Å². The van der Waals surface area contributed by atoms with E-state index in [0.717, 1.165) is 25.7 Å². The Morgan fingerprint density at radius 2 is 1.70 bits per heavy atom. The van der Waals surface area contributed by atoms with Crippen molar-refractivity contribution in [2.75, 3.05) is 6.61 Å². The quantitative estimate of drug-likeness (QED) is 0.631. The first-order chi connectivity index (χ1) is 9.24. The Bertz CT molecular complexity index is 340. The van der Waals surface area contributed by atoms with Gasteiger partial charge >= 0.3 is 11.9 Å². The summed E-state index contributed by atoms with van der Waals surface area (Å²) in [6.45, 7) is 7.39. The fourth-order valence-corrected chi connectivity index (χ4v) is 2.56. The van der Waals surface area contributed by atoms with E-state index in [0.29, 0.717) is 0 Å². The van der Waals surface area contributed by atoms with Crippen molar-refractivity contribution in [3.63, 3.8) is 0 Å². The molecular formula is C15H27NO4. The molecule has 0 aromatic carbocycles. The van der Waals surface area contributed by atoms with Gasteiger partial charge in [0.25, 0.3) is 0 Å². The normalized spacial score (nSPS) is 24.9. The third-order valence-corrected chi connectivity index (χ3v) is 3.49. The zero-order valence-electron chi connectivity index (χ0n) is 13.0. The molecule has 116 valence electrons. The third-order valence-electron chi connectivity index (χ3n) is 3.49. The summed E-state index contributed by atoms with van der Waals surface area (Å²) >= 11 is 0. The van der Waals surface area contributed by atoms with Gasteiger partial charge < -0.3 is 15.2 Å². The van der Waals surface area contributed by atoms with Crippen LogP contribution < -0.4 is 5.73 Å². The van der Waals surface area contributed by atoms with E-state index in [4.69, 9.17) is 15.2 Å². The molecule has 1 rings (SSSR count). The lowest BCUT2D eigenvalue weighted by atomic mass is 9.78. The molecule has 5 nitrogen and oxygen atoms in total. The van der Waals surface area contributed by atoms with Crippen molar-refractivity contribution in [3.8, 4) is 0 Å². The molecule has 0 bridgehead atoms. The van der Waals surface area contributed by atoms with Gasteiger partial charge in [0.2, 0.25) is 0 Å². The predicted octanol–water partition coefficient (Wildman–Crippen LogP) is 2.02. The van der Waals surface area contributed by atoms with E-state index >= 15 is 0 Å². The van der Waals surface area contributed by atoms with E-state index in [1.807, 2.05) is 0 Å². The van der Waals surface area contributed by atoms with E-state index in [1.54, 1.807) is 27.7 Å². The number of hydrogen-bond acceptors (Lipinski definition) is 5. The van der Waals surface area contributed by atoms with Gasteiger partial charge in [-0.2, -0.15) is 0 Å². The number of nitrogens with two attached hydrogens (primary N) is 1. The first-order valence-electron chi connectivity index (χ1n) is 7.39.